The first-order valence-corrected chi connectivity index (χ1v) is 5.07. The molecule has 0 amide bonds. The second-order valence-electron chi connectivity index (χ2n) is 3.98. The molecule has 0 radical (unpaired) electrons. The second-order valence-corrected chi connectivity index (χ2v) is 3.98. The molecule has 0 fully saturated rings. The quantitative estimate of drug-likeness (QED) is 0.759. The normalized spacial score (nSPS) is 11.1. The fraction of sp³-hybridized carbons (Fsp3) is 0.500. The Morgan fingerprint density at radius 2 is 2.07 bits per heavy atom. The standard InChI is InChI=1S/C12H18FNO/c1-9(2)14(3)8-10-5-6-12(15-4)11(13)7-10/h5-7,9H,8H2,1-4H3. The Kier molecular flexibility index (Phi) is 4.09. The van der Waals surface area contributed by atoms with Crippen LogP contribution in [0.3, 0.4) is 0 Å². The Morgan fingerprint density at radius 3 is 2.53 bits per heavy atom. The smallest absolute Gasteiger partial charge is 0.165 e. The molecule has 0 aromatic heterocycles. The van der Waals surface area contributed by atoms with Gasteiger partial charge in [-0.05, 0) is 38.6 Å². The van der Waals surface area contributed by atoms with Crippen LogP contribution in [0.1, 0.15) is 19.4 Å². The topological polar surface area (TPSA) is 12.5 Å². The maximum absolute atomic E-state index is 13.4. The fourth-order valence-corrected chi connectivity index (χ4v) is 1.28. The van der Waals surface area contributed by atoms with Crippen molar-refractivity contribution in [2.45, 2.75) is 26.4 Å². The highest BCUT2D eigenvalue weighted by atomic mass is 19.1. The van der Waals surface area contributed by atoms with Gasteiger partial charge in [0.05, 0.1) is 7.11 Å². The van der Waals surface area contributed by atoms with Crippen LogP contribution in [0.15, 0.2) is 18.2 Å². The molecule has 0 spiro atoms. The van der Waals surface area contributed by atoms with Gasteiger partial charge in [0.25, 0.3) is 0 Å². The minimum absolute atomic E-state index is 0.297. The summed E-state index contributed by atoms with van der Waals surface area (Å²) in [5.74, 6) is -0.00175. The highest BCUT2D eigenvalue weighted by molar-refractivity contribution is 5.29. The first kappa shape index (κ1) is 12.0. The van der Waals surface area contributed by atoms with Crippen molar-refractivity contribution >= 4 is 0 Å². The molecule has 0 aliphatic carbocycles. The number of benzene rings is 1. The molecular weight excluding hydrogens is 193 g/mol. The van der Waals surface area contributed by atoms with Gasteiger partial charge < -0.3 is 4.74 Å². The van der Waals surface area contributed by atoms with Crippen molar-refractivity contribution in [2.75, 3.05) is 14.2 Å². The van der Waals surface area contributed by atoms with Crippen LogP contribution in [0.4, 0.5) is 4.39 Å². The van der Waals surface area contributed by atoms with Crippen molar-refractivity contribution in [3.63, 3.8) is 0 Å². The number of nitrogens with zero attached hydrogens (tertiary/aromatic N) is 1. The van der Waals surface area contributed by atoms with Crippen molar-refractivity contribution < 1.29 is 9.13 Å². The van der Waals surface area contributed by atoms with E-state index in [1.54, 1.807) is 6.07 Å². The Labute approximate surface area is 90.7 Å². The molecule has 0 heterocycles. The predicted molar refractivity (Wildman–Crippen MR) is 59.6 cm³/mol. The largest absolute Gasteiger partial charge is 0.494 e. The van der Waals surface area contributed by atoms with E-state index >= 15 is 0 Å². The van der Waals surface area contributed by atoms with Crippen LogP contribution >= 0.6 is 0 Å². The number of hydrogen-bond donors (Lipinski definition) is 0. The van der Waals surface area contributed by atoms with Gasteiger partial charge in [0.1, 0.15) is 0 Å². The summed E-state index contributed by atoms with van der Waals surface area (Å²) in [7, 11) is 3.49. The number of halogens is 1. The monoisotopic (exact) mass is 211 g/mol. The van der Waals surface area contributed by atoms with Crippen LogP contribution in [0.2, 0.25) is 0 Å². The summed E-state index contributed by atoms with van der Waals surface area (Å²) in [5.41, 5.74) is 0.963. The number of hydrogen-bond acceptors (Lipinski definition) is 2. The van der Waals surface area contributed by atoms with Gasteiger partial charge in [0.15, 0.2) is 11.6 Å². The van der Waals surface area contributed by atoms with Crippen LogP contribution < -0.4 is 4.74 Å². The third-order valence-electron chi connectivity index (χ3n) is 2.53. The molecule has 1 aromatic carbocycles. The second kappa shape index (κ2) is 5.12. The van der Waals surface area contributed by atoms with E-state index in [1.807, 2.05) is 13.1 Å². The molecule has 15 heavy (non-hydrogen) atoms. The van der Waals surface area contributed by atoms with E-state index in [0.717, 1.165) is 12.1 Å². The van der Waals surface area contributed by atoms with Gasteiger partial charge in [-0.15, -0.1) is 0 Å². The zero-order valence-corrected chi connectivity index (χ0v) is 9.75. The van der Waals surface area contributed by atoms with Gasteiger partial charge in [-0.3, -0.25) is 4.90 Å². The lowest BCUT2D eigenvalue weighted by molar-refractivity contribution is 0.265. The fourth-order valence-electron chi connectivity index (χ4n) is 1.28. The summed E-state index contributed by atoms with van der Waals surface area (Å²) in [4.78, 5) is 2.15. The summed E-state index contributed by atoms with van der Waals surface area (Å²) in [6, 6.07) is 5.53. The number of rotatable bonds is 4. The molecule has 84 valence electrons. The summed E-state index contributed by atoms with van der Waals surface area (Å²) in [5, 5.41) is 0. The summed E-state index contributed by atoms with van der Waals surface area (Å²) >= 11 is 0. The van der Waals surface area contributed by atoms with Crippen molar-refractivity contribution in [2.24, 2.45) is 0 Å². The molecule has 0 bridgehead atoms. The zero-order chi connectivity index (χ0) is 11.4. The third-order valence-corrected chi connectivity index (χ3v) is 2.53. The Balaban J connectivity index is 2.75. The van der Waals surface area contributed by atoms with Gasteiger partial charge in [-0.1, -0.05) is 6.07 Å². The summed E-state index contributed by atoms with van der Waals surface area (Å²) < 4.78 is 18.2. The van der Waals surface area contributed by atoms with E-state index < -0.39 is 0 Å². The van der Waals surface area contributed by atoms with Crippen LogP contribution in [0.5, 0.6) is 5.75 Å². The van der Waals surface area contributed by atoms with Crippen LogP contribution in [0.25, 0.3) is 0 Å². The van der Waals surface area contributed by atoms with E-state index in [1.165, 1.54) is 13.2 Å². The highest BCUT2D eigenvalue weighted by Crippen LogP contribution is 2.18. The van der Waals surface area contributed by atoms with Gasteiger partial charge in [0.2, 0.25) is 0 Å². The van der Waals surface area contributed by atoms with E-state index in [0.29, 0.717) is 11.8 Å². The first-order valence-electron chi connectivity index (χ1n) is 5.07. The minimum Gasteiger partial charge on any atom is -0.494 e. The lowest BCUT2D eigenvalue weighted by Crippen LogP contribution is -2.25. The molecule has 0 saturated carbocycles. The number of ether oxygens (including phenoxy) is 1. The Hall–Kier alpha value is -1.09. The molecule has 1 aromatic rings. The minimum atomic E-state index is -0.299. The van der Waals surface area contributed by atoms with Crippen molar-refractivity contribution in [3.8, 4) is 5.75 Å². The lowest BCUT2D eigenvalue weighted by Gasteiger charge is -2.21. The van der Waals surface area contributed by atoms with Crippen molar-refractivity contribution in [1.29, 1.82) is 0 Å². The number of methoxy groups -OCH3 is 1. The SMILES string of the molecule is COc1ccc(CN(C)C(C)C)cc1F. The average molecular weight is 211 g/mol. The maximum Gasteiger partial charge on any atom is 0.165 e. The van der Waals surface area contributed by atoms with Gasteiger partial charge in [-0.2, -0.15) is 0 Å². The van der Waals surface area contributed by atoms with Crippen LogP contribution in [-0.2, 0) is 6.54 Å². The Morgan fingerprint density at radius 1 is 1.40 bits per heavy atom. The maximum atomic E-state index is 13.4. The molecule has 0 unspecified atom stereocenters. The molecule has 0 atom stereocenters. The molecule has 0 aliphatic rings. The lowest BCUT2D eigenvalue weighted by atomic mass is 10.2. The summed E-state index contributed by atoms with van der Waals surface area (Å²) in [6.45, 7) is 4.97. The molecule has 0 saturated heterocycles. The summed E-state index contributed by atoms with van der Waals surface area (Å²) in [6.07, 6.45) is 0. The van der Waals surface area contributed by atoms with Crippen molar-refractivity contribution in [3.05, 3.63) is 29.6 Å². The van der Waals surface area contributed by atoms with Gasteiger partial charge >= 0.3 is 0 Å². The molecule has 0 N–H and O–H groups in total. The van der Waals surface area contributed by atoms with E-state index in [2.05, 4.69) is 18.7 Å². The van der Waals surface area contributed by atoms with E-state index in [-0.39, 0.29) is 5.82 Å². The highest BCUT2D eigenvalue weighted by Gasteiger charge is 2.07. The molecule has 1 rings (SSSR count). The van der Waals surface area contributed by atoms with E-state index in [4.69, 9.17) is 4.74 Å². The van der Waals surface area contributed by atoms with E-state index in [9.17, 15) is 4.39 Å². The van der Waals surface area contributed by atoms with Gasteiger partial charge in [-0.25, -0.2) is 4.39 Å². The molecule has 0 aliphatic heterocycles. The Bertz CT molecular complexity index is 325. The van der Waals surface area contributed by atoms with Crippen molar-refractivity contribution in [1.82, 2.24) is 4.90 Å². The molecule has 3 heteroatoms. The molecular formula is C12H18FNO. The van der Waals surface area contributed by atoms with Crippen LogP contribution in [-0.4, -0.2) is 25.1 Å². The third kappa shape index (κ3) is 3.20. The predicted octanol–water partition coefficient (Wildman–Crippen LogP) is 2.67. The van der Waals surface area contributed by atoms with Crippen LogP contribution in [0, 0.1) is 5.82 Å². The average Bonchev–Trinajstić information content (AvgIpc) is 2.18. The first-order chi connectivity index (χ1) is 7.04. The van der Waals surface area contributed by atoms with Gasteiger partial charge in [0, 0.05) is 12.6 Å². The zero-order valence-electron chi connectivity index (χ0n) is 9.75. The molecule has 2 nitrogen and oxygen atoms in total.